The third-order valence-corrected chi connectivity index (χ3v) is 4.14. The standard InChI is InChI=1S/C15H16NO4P/c17-15(13-9-5-2-6-10-13)16-14(21(18,19)20)11-12-7-3-1-4-8-12/h1-10,14H,11H2,(H,16,17)(H2,18,19,20)/t14-/m0/s1. The van der Waals surface area contributed by atoms with Crippen LogP contribution in [0.2, 0.25) is 0 Å². The van der Waals surface area contributed by atoms with E-state index in [9.17, 15) is 19.1 Å². The van der Waals surface area contributed by atoms with Crippen LogP contribution in [0.5, 0.6) is 0 Å². The maximum absolute atomic E-state index is 12.0. The molecule has 0 aliphatic rings. The summed E-state index contributed by atoms with van der Waals surface area (Å²) in [5.74, 6) is -1.74. The number of carbonyl (C=O) groups is 1. The van der Waals surface area contributed by atoms with E-state index < -0.39 is 19.3 Å². The molecule has 0 fully saturated rings. The Morgan fingerprint density at radius 2 is 1.52 bits per heavy atom. The molecule has 0 radical (unpaired) electrons. The van der Waals surface area contributed by atoms with E-state index in [1.165, 1.54) is 0 Å². The van der Waals surface area contributed by atoms with E-state index in [-0.39, 0.29) is 6.42 Å². The fourth-order valence-corrected chi connectivity index (χ4v) is 2.65. The maximum atomic E-state index is 12.0. The van der Waals surface area contributed by atoms with Crippen LogP contribution in [0.4, 0.5) is 0 Å². The summed E-state index contributed by atoms with van der Waals surface area (Å²) in [7, 11) is -4.45. The van der Waals surface area contributed by atoms with Crippen molar-refractivity contribution in [2.24, 2.45) is 0 Å². The molecule has 0 unspecified atom stereocenters. The number of hydrogen-bond donors (Lipinski definition) is 3. The average Bonchev–Trinajstić information content (AvgIpc) is 2.47. The lowest BCUT2D eigenvalue weighted by Crippen LogP contribution is -2.36. The molecule has 0 aromatic heterocycles. The van der Waals surface area contributed by atoms with Crippen molar-refractivity contribution in [3.8, 4) is 0 Å². The summed E-state index contributed by atoms with van der Waals surface area (Å²) in [5, 5.41) is 2.42. The number of hydrogen-bond acceptors (Lipinski definition) is 2. The third-order valence-electron chi connectivity index (χ3n) is 3.01. The lowest BCUT2D eigenvalue weighted by atomic mass is 10.1. The Morgan fingerprint density at radius 3 is 2.05 bits per heavy atom. The highest BCUT2D eigenvalue weighted by Crippen LogP contribution is 2.41. The zero-order valence-corrected chi connectivity index (χ0v) is 12.1. The smallest absolute Gasteiger partial charge is 0.338 e. The second kappa shape index (κ2) is 6.68. The van der Waals surface area contributed by atoms with E-state index in [0.29, 0.717) is 5.56 Å². The van der Waals surface area contributed by atoms with Crippen LogP contribution in [-0.4, -0.2) is 21.5 Å². The molecule has 1 atom stereocenters. The molecule has 0 heterocycles. The molecule has 2 rings (SSSR count). The van der Waals surface area contributed by atoms with Gasteiger partial charge in [-0.15, -0.1) is 0 Å². The SMILES string of the molecule is O=C(N[C@H](Cc1ccccc1)P(=O)(O)O)c1ccccc1. The number of amides is 1. The Hall–Kier alpha value is -1.94. The van der Waals surface area contributed by atoms with Crippen molar-refractivity contribution in [3.05, 3.63) is 71.8 Å². The number of carbonyl (C=O) groups excluding carboxylic acids is 1. The van der Waals surface area contributed by atoms with Crippen LogP contribution in [0, 0.1) is 0 Å². The minimum Gasteiger partial charge on any atom is -0.338 e. The molecule has 0 spiro atoms. The average molecular weight is 305 g/mol. The van der Waals surface area contributed by atoms with Gasteiger partial charge in [-0.2, -0.15) is 0 Å². The third kappa shape index (κ3) is 4.53. The monoisotopic (exact) mass is 305 g/mol. The van der Waals surface area contributed by atoms with Crippen molar-refractivity contribution >= 4 is 13.5 Å². The van der Waals surface area contributed by atoms with Crippen LogP contribution >= 0.6 is 7.60 Å². The molecular weight excluding hydrogens is 289 g/mol. The van der Waals surface area contributed by atoms with E-state index in [1.54, 1.807) is 54.6 Å². The molecule has 0 aliphatic heterocycles. The summed E-state index contributed by atoms with van der Waals surface area (Å²) < 4.78 is 11.6. The van der Waals surface area contributed by atoms with Gasteiger partial charge in [0.2, 0.25) is 0 Å². The molecule has 5 nitrogen and oxygen atoms in total. The van der Waals surface area contributed by atoms with Gasteiger partial charge in [0.25, 0.3) is 5.91 Å². The Morgan fingerprint density at radius 1 is 1.00 bits per heavy atom. The second-order valence-electron chi connectivity index (χ2n) is 4.63. The van der Waals surface area contributed by atoms with Gasteiger partial charge < -0.3 is 15.1 Å². The minimum absolute atomic E-state index is 0.0731. The van der Waals surface area contributed by atoms with Crippen molar-refractivity contribution in [3.63, 3.8) is 0 Å². The summed E-state index contributed by atoms with van der Waals surface area (Å²) in [6.45, 7) is 0. The normalized spacial score (nSPS) is 12.7. The summed E-state index contributed by atoms with van der Waals surface area (Å²) in [6, 6.07) is 17.2. The largest absolute Gasteiger partial charge is 0.347 e. The van der Waals surface area contributed by atoms with Crippen molar-refractivity contribution in [1.29, 1.82) is 0 Å². The van der Waals surface area contributed by atoms with E-state index in [4.69, 9.17) is 0 Å². The summed E-state index contributed by atoms with van der Waals surface area (Å²) in [4.78, 5) is 30.9. The summed E-state index contributed by atoms with van der Waals surface area (Å²) >= 11 is 0. The highest BCUT2D eigenvalue weighted by molar-refractivity contribution is 7.52. The minimum atomic E-state index is -4.45. The quantitative estimate of drug-likeness (QED) is 0.739. The summed E-state index contributed by atoms with van der Waals surface area (Å²) in [6.07, 6.45) is 0.0731. The Labute approximate surface area is 122 Å². The van der Waals surface area contributed by atoms with Crippen LogP contribution < -0.4 is 5.32 Å². The maximum Gasteiger partial charge on any atom is 0.347 e. The van der Waals surface area contributed by atoms with Gasteiger partial charge in [0.15, 0.2) is 0 Å². The molecule has 0 aliphatic carbocycles. The molecule has 6 heteroatoms. The van der Waals surface area contributed by atoms with Crippen molar-refractivity contribution in [2.75, 3.05) is 0 Å². The molecule has 0 saturated heterocycles. The molecule has 0 saturated carbocycles. The number of benzene rings is 2. The fraction of sp³-hybridized carbons (Fsp3) is 0.133. The highest BCUT2D eigenvalue weighted by Gasteiger charge is 2.30. The molecule has 1 amide bonds. The molecular formula is C15H16NO4P. The first-order chi connectivity index (χ1) is 9.97. The van der Waals surface area contributed by atoms with Gasteiger partial charge >= 0.3 is 7.60 Å². The fourth-order valence-electron chi connectivity index (χ4n) is 1.92. The van der Waals surface area contributed by atoms with Crippen LogP contribution in [0.3, 0.4) is 0 Å². The van der Waals surface area contributed by atoms with Crippen molar-refractivity contribution in [1.82, 2.24) is 5.32 Å². The lowest BCUT2D eigenvalue weighted by molar-refractivity contribution is 0.0943. The predicted molar refractivity (Wildman–Crippen MR) is 79.9 cm³/mol. The molecule has 21 heavy (non-hydrogen) atoms. The van der Waals surface area contributed by atoms with Gasteiger partial charge in [-0.25, -0.2) is 0 Å². The van der Waals surface area contributed by atoms with Gasteiger partial charge in [-0.05, 0) is 17.7 Å². The molecule has 3 N–H and O–H groups in total. The van der Waals surface area contributed by atoms with Gasteiger partial charge in [0, 0.05) is 12.0 Å². The Kier molecular flexibility index (Phi) is 4.91. The first-order valence-corrected chi connectivity index (χ1v) is 8.10. The van der Waals surface area contributed by atoms with Crippen LogP contribution in [-0.2, 0) is 11.0 Å². The molecule has 2 aromatic carbocycles. The van der Waals surface area contributed by atoms with E-state index >= 15 is 0 Å². The van der Waals surface area contributed by atoms with Gasteiger partial charge in [0.1, 0.15) is 5.78 Å². The Balaban J connectivity index is 2.14. The van der Waals surface area contributed by atoms with Crippen molar-refractivity contribution in [2.45, 2.75) is 12.2 Å². The first kappa shape index (κ1) is 15.4. The number of nitrogens with one attached hydrogen (secondary N) is 1. The topological polar surface area (TPSA) is 86.6 Å². The van der Waals surface area contributed by atoms with E-state index in [1.807, 2.05) is 6.07 Å². The van der Waals surface area contributed by atoms with Crippen LogP contribution in [0.15, 0.2) is 60.7 Å². The molecule has 2 aromatic rings. The van der Waals surface area contributed by atoms with Crippen LogP contribution in [0.1, 0.15) is 15.9 Å². The van der Waals surface area contributed by atoms with Gasteiger partial charge in [0.05, 0.1) is 0 Å². The Bertz CT molecular complexity index is 639. The molecule has 110 valence electrons. The zero-order valence-electron chi connectivity index (χ0n) is 11.2. The lowest BCUT2D eigenvalue weighted by Gasteiger charge is -2.20. The highest BCUT2D eigenvalue weighted by atomic mass is 31.2. The van der Waals surface area contributed by atoms with Gasteiger partial charge in [-0.1, -0.05) is 48.5 Å². The zero-order chi connectivity index (χ0) is 15.3. The van der Waals surface area contributed by atoms with Crippen molar-refractivity contribution < 1.29 is 19.1 Å². The van der Waals surface area contributed by atoms with Gasteiger partial charge in [-0.3, -0.25) is 9.36 Å². The van der Waals surface area contributed by atoms with Crippen LogP contribution in [0.25, 0.3) is 0 Å². The second-order valence-corrected chi connectivity index (χ2v) is 6.44. The summed E-state index contributed by atoms with van der Waals surface area (Å²) in [5.41, 5.74) is 1.11. The number of rotatable bonds is 5. The van der Waals surface area contributed by atoms with E-state index in [2.05, 4.69) is 5.32 Å². The predicted octanol–water partition coefficient (Wildman–Crippen LogP) is 2.16. The molecule has 0 bridgehead atoms. The first-order valence-electron chi connectivity index (χ1n) is 6.42. The van der Waals surface area contributed by atoms with E-state index in [0.717, 1.165) is 5.56 Å².